The first-order valence-electron chi connectivity index (χ1n) is 6.54. The normalized spacial score (nSPS) is 14.2. The molecule has 5 nitrogen and oxygen atoms in total. The summed E-state index contributed by atoms with van der Waals surface area (Å²) in [6, 6.07) is -0.166. The molecule has 7 heteroatoms. The number of hydrogen-bond acceptors (Lipinski definition) is 5. The van der Waals surface area contributed by atoms with E-state index in [0.717, 1.165) is 0 Å². The molecule has 1 heterocycles. The molecule has 2 N–H and O–H groups in total. The van der Waals surface area contributed by atoms with Gasteiger partial charge < -0.3 is 10.0 Å². The monoisotopic (exact) mass is 320 g/mol. The molecule has 20 heavy (non-hydrogen) atoms. The molecule has 0 saturated carbocycles. The zero-order chi connectivity index (χ0) is 15.5. The third kappa shape index (κ3) is 4.26. The van der Waals surface area contributed by atoms with E-state index in [1.54, 1.807) is 12.3 Å². The van der Waals surface area contributed by atoms with Gasteiger partial charge in [-0.1, -0.05) is 13.8 Å². The highest BCUT2D eigenvalue weighted by atomic mass is 32.2. The average Bonchev–Trinajstić information content (AvgIpc) is 2.69. The van der Waals surface area contributed by atoms with Crippen molar-refractivity contribution >= 4 is 21.4 Å². The number of sulfonamides is 1. The Morgan fingerprint density at radius 2 is 2.00 bits per heavy atom. The maximum atomic E-state index is 12.6. The van der Waals surface area contributed by atoms with Gasteiger partial charge in [-0.2, -0.15) is 0 Å². The third-order valence-corrected chi connectivity index (χ3v) is 6.01. The van der Waals surface area contributed by atoms with E-state index in [2.05, 4.69) is 4.72 Å². The number of aliphatic hydroxyl groups excluding tert-OH is 1. The lowest BCUT2D eigenvalue weighted by Gasteiger charge is -2.25. The molecule has 0 aliphatic carbocycles. The summed E-state index contributed by atoms with van der Waals surface area (Å²) < 4.78 is 27.9. The van der Waals surface area contributed by atoms with Crippen LogP contribution in [0.25, 0.3) is 0 Å². The van der Waals surface area contributed by atoms with Crippen LogP contribution in [0.2, 0.25) is 0 Å². The molecule has 0 aliphatic rings. The van der Waals surface area contributed by atoms with Gasteiger partial charge in [-0.05, 0) is 37.9 Å². The fourth-order valence-corrected chi connectivity index (χ4v) is 5.03. The Hall–Kier alpha value is -0.470. The van der Waals surface area contributed by atoms with Gasteiger partial charge in [-0.25, -0.2) is 13.1 Å². The van der Waals surface area contributed by atoms with E-state index in [9.17, 15) is 13.5 Å². The minimum absolute atomic E-state index is 0.166. The molecule has 116 valence electrons. The Morgan fingerprint density at radius 1 is 1.40 bits per heavy atom. The van der Waals surface area contributed by atoms with E-state index in [4.69, 9.17) is 0 Å². The Balaban J connectivity index is 3.06. The van der Waals surface area contributed by atoms with Gasteiger partial charge in [0.1, 0.15) is 4.90 Å². The van der Waals surface area contributed by atoms with Gasteiger partial charge in [-0.3, -0.25) is 0 Å². The van der Waals surface area contributed by atoms with Crippen LogP contribution in [0.1, 0.15) is 24.3 Å². The Kier molecular flexibility index (Phi) is 6.15. The van der Waals surface area contributed by atoms with Gasteiger partial charge in [0.15, 0.2) is 0 Å². The molecule has 1 aromatic heterocycles. The van der Waals surface area contributed by atoms with Gasteiger partial charge >= 0.3 is 0 Å². The summed E-state index contributed by atoms with van der Waals surface area (Å²) in [5.41, 5.74) is 0.680. The Bertz CT molecular complexity index is 536. The molecule has 0 amide bonds. The van der Waals surface area contributed by atoms with Crippen LogP contribution in [-0.4, -0.2) is 45.1 Å². The first kappa shape index (κ1) is 17.6. The number of nitrogens with zero attached hydrogens (tertiary/aromatic N) is 1. The van der Waals surface area contributed by atoms with E-state index in [-0.39, 0.29) is 23.5 Å². The number of nitrogens with one attached hydrogen (secondary N) is 1. The highest BCUT2D eigenvalue weighted by Gasteiger charge is 2.27. The Morgan fingerprint density at radius 3 is 2.45 bits per heavy atom. The molecule has 0 aliphatic heterocycles. The number of likely N-dealkylation sites (N-methyl/N-ethyl adjacent to an activating group) is 1. The van der Waals surface area contributed by atoms with Crippen LogP contribution in [0.4, 0.5) is 0 Å². The Labute approximate surface area is 125 Å². The molecule has 1 rings (SSSR count). The molecule has 0 saturated heterocycles. The fourth-order valence-electron chi connectivity index (χ4n) is 1.99. The molecule has 0 bridgehead atoms. The van der Waals surface area contributed by atoms with Crippen LogP contribution in [-0.2, 0) is 16.6 Å². The van der Waals surface area contributed by atoms with Crippen molar-refractivity contribution in [1.29, 1.82) is 0 Å². The van der Waals surface area contributed by atoms with Crippen molar-refractivity contribution < 1.29 is 13.5 Å². The van der Waals surface area contributed by atoms with Crippen LogP contribution in [0.5, 0.6) is 0 Å². The summed E-state index contributed by atoms with van der Waals surface area (Å²) in [5, 5.41) is 11.1. The molecule has 0 fully saturated rings. The van der Waals surface area contributed by atoms with Crippen molar-refractivity contribution in [2.24, 2.45) is 5.92 Å². The summed E-state index contributed by atoms with van der Waals surface area (Å²) in [6.07, 6.45) is 0. The number of hydrogen-bond donors (Lipinski definition) is 2. The summed E-state index contributed by atoms with van der Waals surface area (Å²) in [4.78, 5) is 2.68. The summed E-state index contributed by atoms with van der Waals surface area (Å²) in [5.74, 6) is 0.184. The largest absolute Gasteiger partial charge is 0.391 e. The first-order chi connectivity index (χ1) is 9.19. The van der Waals surface area contributed by atoms with Gasteiger partial charge in [-0.15, -0.1) is 11.3 Å². The average molecular weight is 320 g/mol. The second-order valence-corrected chi connectivity index (χ2v) is 8.18. The van der Waals surface area contributed by atoms with Crippen molar-refractivity contribution in [2.45, 2.75) is 38.3 Å². The number of thiophene rings is 1. The molecular weight excluding hydrogens is 296 g/mol. The topological polar surface area (TPSA) is 69.6 Å². The quantitative estimate of drug-likeness (QED) is 0.797. The number of aliphatic hydroxyl groups is 1. The van der Waals surface area contributed by atoms with Gasteiger partial charge in [0.25, 0.3) is 0 Å². The van der Waals surface area contributed by atoms with Gasteiger partial charge in [0.05, 0.1) is 11.5 Å². The van der Waals surface area contributed by atoms with Crippen LogP contribution in [0.15, 0.2) is 10.3 Å². The van der Waals surface area contributed by atoms with E-state index in [1.165, 1.54) is 11.3 Å². The van der Waals surface area contributed by atoms with Crippen molar-refractivity contribution in [3.05, 3.63) is 15.8 Å². The van der Waals surface area contributed by atoms with Crippen molar-refractivity contribution in [1.82, 2.24) is 9.62 Å². The first-order valence-corrected chi connectivity index (χ1v) is 8.90. The molecule has 0 aromatic carbocycles. The third-order valence-electron chi connectivity index (χ3n) is 3.07. The van der Waals surface area contributed by atoms with Crippen molar-refractivity contribution in [3.8, 4) is 0 Å². The second kappa shape index (κ2) is 7.00. The predicted molar refractivity (Wildman–Crippen MR) is 82.5 cm³/mol. The molecule has 1 aromatic rings. The van der Waals surface area contributed by atoms with E-state index in [0.29, 0.717) is 17.0 Å². The summed E-state index contributed by atoms with van der Waals surface area (Å²) >= 11 is 1.27. The molecular formula is C13H24N2O3S2. The lowest BCUT2D eigenvalue weighted by molar-refractivity contribution is 0.282. The zero-order valence-corrected chi connectivity index (χ0v) is 14.3. The fraction of sp³-hybridized carbons (Fsp3) is 0.692. The lowest BCUT2D eigenvalue weighted by Crippen LogP contribution is -2.45. The lowest BCUT2D eigenvalue weighted by atomic mass is 10.1. The zero-order valence-electron chi connectivity index (χ0n) is 12.7. The molecule has 1 atom stereocenters. The highest BCUT2D eigenvalue weighted by molar-refractivity contribution is 7.89. The van der Waals surface area contributed by atoms with Crippen LogP contribution >= 0.6 is 11.3 Å². The van der Waals surface area contributed by atoms with Crippen molar-refractivity contribution in [2.75, 3.05) is 20.6 Å². The van der Waals surface area contributed by atoms with Crippen LogP contribution in [0, 0.1) is 12.8 Å². The second-order valence-electron chi connectivity index (χ2n) is 5.56. The summed E-state index contributed by atoms with van der Waals surface area (Å²) in [6.45, 7) is 6.11. The summed E-state index contributed by atoms with van der Waals surface area (Å²) in [7, 11) is 0.224. The highest BCUT2D eigenvalue weighted by Crippen LogP contribution is 2.27. The maximum Gasteiger partial charge on any atom is 0.242 e. The van der Waals surface area contributed by atoms with Gasteiger partial charge in [0.2, 0.25) is 10.0 Å². The minimum atomic E-state index is -3.61. The van der Waals surface area contributed by atoms with E-state index in [1.807, 2.05) is 32.8 Å². The predicted octanol–water partition coefficient (Wildman–Crippen LogP) is 1.41. The SMILES string of the molecule is Cc1csc(CO)c1S(=O)(=O)NC(CN(C)C)C(C)C. The maximum absolute atomic E-state index is 12.6. The number of rotatable bonds is 7. The van der Waals surface area contributed by atoms with Crippen molar-refractivity contribution in [3.63, 3.8) is 0 Å². The minimum Gasteiger partial charge on any atom is -0.391 e. The molecule has 1 unspecified atom stereocenters. The van der Waals surface area contributed by atoms with E-state index >= 15 is 0 Å². The smallest absolute Gasteiger partial charge is 0.242 e. The van der Waals surface area contributed by atoms with Gasteiger partial charge in [0, 0.05) is 12.6 Å². The van der Waals surface area contributed by atoms with E-state index < -0.39 is 10.0 Å². The number of aryl methyl sites for hydroxylation is 1. The molecule has 0 radical (unpaired) electrons. The van der Waals surface area contributed by atoms with Crippen LogP contribution < -0.4 is 4.72 Å². The van der Waals surface area contributed by atoms with Crippen LogP contribution in [0.3, 0.4) is 0 Å². The molecule has 0 spiro atoms. The standard InChI is InChI=1S/C13H24N2O3S2/c1-9(2)11(6-15(4)5)14-20(17,18)13-10(3)8-19-12(13)7-16/h8-9,11,14,16H,6-7H2,1-5H3.